The van der Waals surface area contributed by atoms with Crippen molar-refractivity contribution in [1.29, 1.82) is 0 Å². The molecule has 1 fully saturated rings. The number of halogens is 1. The molecular formula is C22H21ClN2O3S2. The highest BCUT2D eigenvalue weighted by Crippen LogP contribution is 2.34. The van der Waals surface area contributed by atoms with Gasteiger partial charge in [-0.25, -0.2) is 0 Å². The number of nitrogens with zero attached hydrogens (tertiary/aromatic N) is 1. The van der Waals surface area contributed by atoms with Crippen molar-refractivity contribution in [2.45, 2.75) is 33.3 Å². The summed E-state index contributed by atoms with van der Waals surface area (Å²) in [5, 5.41) is 1.38. The van der Waals surface area contributed by atoms with Crippen molar-refractivity contribution in [3.05, 3.63) is 69.1 Å². The van der Waals surface area contributed by atoms with Crippen molar-refractivity contribution in [1.82, 2.24) is 10.4 Å². The number of nitrogens with one attached hydrogen (secondary N) is 1. The highest BCUT2D eigenvalue weighted by molar-refractivity contribution is 8.26. The lowest BCUT2D eigenvalue weighted by molar-refractivity contribution is -0.123. The van der Waals surface area contributed by atoms with E-state index >= 15 is 0 Å². The number of aryl methyl sites for hydroxylation is 1. The number of hydrogen-bond acceptors (Lipinski definition) is 5. The third-order valence-electron chi connectivity index (χ3n) is 4.48. The highest BCUT2D eigenvalue weighted by Gasteiger charge is 2.34. The second-order valence-electron chi connectivity index (χ2n) is 6.82. The van der Waals surface area contributed by atoms with Crippen LogP contribution in [-0.2, 0) is 4.79 Å². The number of carbonyl (C=O) groups excluding carboxylic acids is 2. The Morgan fingerprint density at radius 1 is 1.33 bits per heavy atom. The van der Waals surface area contributed by atoms with Gasteiger partial charge in [-0.1, -0.05) is 54.6 Å². The van der Waals surface area contributed by atoms with Gasteiger partial charge in [0.2, 0.25) is 0 Å². The van der Waals surface area contributed by atoms with E-state index in [4.69, 9.17) is 28.6 Å². The first-order valence-corrected chi connectivity index (χ1v) is 11.0. The Labute approximate surface area is 190 Å². The Morgan fingerprint density at radius 3 is 2.77 bits per heavy atom. The largest absolute Gasteiger partial charge is 0.490 e. The van der Waals surface area contributed by atoms with Crippen LogP contribution in [0.4, 0.5) is 0 Å². The molecule has 1 heterocycles. The van der Waals surface area contributed by atoms with Gasteiger partial charge in [0.25, 0.3) is 11.8 Å². The van der Waals surface area contributed by atoms with E-state index in [0.717, 1.165) is 34.3 Å². The van der Waals surface area contributed by atoms with Gasteiger partial charge in [0.05, 0.1) is 21.6 Å². The van der Waals surface area contributed by atoms with E-state index in [0.29, 0.717) is 15.7 Å². The number of carbonyl (C=O) groups is 2. The van der Waals surface area contributed by atoms with Crippen LogP contribution in [-0.4, -0.2) is 27.2 Å². The summed E-state index contributed by atoms with van der Waals surface area (Å²) in [4.78, 5) is 25.9. The van der Waals surface area contributed by atoms with E-state index in [1.165, 1.54) is 0 Å². The molecule has 1 N–H and O–H groups in total. The molecule has 2 aromatic rings. The Balaban J connectivity index is 1.81. The minimum atomic E-state index is -0.502. The Bertz CT molecular complexity index is 1040. The van der Waals surface area contributed by atoms with E-state index in [1.807, 2.05) is 45.0 Å². The topological polar surface area (TPSA) is 58.6 Å². The molecule has 1 aliphatic rings. The van der Waals surface area contributed by atoms with Gasteiger partial charge in [0, 0.05) is 5.56 Å². The van der Waals surface area contributed by atoms with Crippen molar-refractivity contribution < 1.29 is 14.3 Å². The van der Waals surface area contributed by atoms with Crippen LogP contribution >= 0.6 is 35.6 Å². The molecule has 0 aromatic heterocycles. The van der Waals surface area contributed by atoms with Crippen LogP contribution < -0.4 is 10.2 Å². The summed E-state index contributed by atoms with van der Waals surface area (Å²) in [7, 11) is 0. The van der Waals surface area contributed by atoms with Gasteiger partial charge >= 0.3 is 0 Å². The second kappa shape index (κ2) is 9.64. The second-order valence-corrected chi connectivity index (χ2v) is 8.90. The van der Waals surface area contributed by atoms with Gasteiger partial charge in [-0.3, -0.25) is 15.0 Å². The minimum Gasteiger partial charge on any atom is -0.490 e. The predicted molar refractivity (Wildman–Crippen MR) is 125 cm³/mol. The van der Waals surface area contributed by atoms with Gasteiger partial charge in [0.15, 0.2) is 4.32 Å². The van der Waals surface area contributed by atoms with Gasteiger partial charge in [-0.15, -0.1) is 0 Å². The minimum absolute atomic E-state index is 0.0487. The van der Waals surface area contributed by atoms with Crippen molar-refractivity contribution in [3.8, 4) is 5.75 Å². The van der Waals surface area contributed by atoms with E-state index in [1.54, 1.807) is 24.3 Å². The molecule has 0 spiro atoms. The Morgan fingerprint density at radius 2 is 2.07 bits per heavy atom. The van der Waals surface area contributed by atoms with Gasteiger partial charge in [-0.05, 0) is 62.3 Å². The maximum absolute atomic E-state index is 12.9. The third-order valence-corrected chi connectivity index (χ3v) is 6.10. The molecule has 0 radical (unpaired) electrons. The molecule has 0 saturated carbocycles. The van der Waals surface area contributed by atoms with Gasteiger partial charge < -0.3 is 4.74 Å². The number of amides is 2. The standard InChI is InChI=1S/C22H21ClN2O3S2/c1-4-14(3)28-18-8-6-5-7-15(18)12-19-21(27)25(22(29)30-19)24-20(26)16-10-9-13(2)11-17(16)23/h5-12,14H,4H2,1-3H3,(H,24,26)/b19-12+/t14-/m1/s1. The number of hydrazine groups is 1. The zero-order valence-corrected chi connectivity index (χ0v) is 19.2. The van der Waals surface area contributed by atoms with Crippen LogP contribution in [0.5, 0.6) is 5.75 Å². The maximum atomic E-state index is 12.9. The Hall–Kier alpha value is -2.35. The monoisotopic (exact) mass is 460 g/mol. The summed E-state index contributed by atoms with van der Waals surface area (Å²) in [5.74, 6) is -0.217. The van der Waals surface area contributed by atoms with Gasteiger partial charge in [0.1, 0.15) is 5.75 Å². The SMILES string of the molecule is CC[C@@H](C)Oc1ccccc1/C=C1/SC(=S)N(NC(=O)c2ccc(C)cc2Cl)C1=O. The normalized spacial score (nSPS) is 16.1. The van der Waals surface area contributed by atoms with Gasteiger partial charge in [-0.2, -0.15) is 5.01 Å². The number of rotatable bonds is 6. The smallest absolute Gasteiger partial charge is 0.285 e. The van der Waals surface area contributed by atoms with Crippen molar-refractivity contribution in [2.24, 2.45) is 0 Å². The Kier molecular flexibility index (Phi) is 7.18. The fourth-order valence-corrected chi connectivity index (χ4v) is 4.17. The molecule has 8 heteroatoms. The first-order chi connectivity index (χ1) is 14.3. The molecule has 2 aromatic carbocycles. The fourth-order valence-electron chi connectivity index (χ4n) is 2.68. The summed E-state index contributed by atoms with van der Waals surface area (Å²) in [5.41, 5.74) is 4.53. The van der Waals surface area contributed by atoms with E-state index in [9.17, 15) is 9.59 Å². The zero-order valence-electron chi connectivity index (χ0n) is 16.8. The quantitative estimate of drug-likeness (QED) is 0.463. The first-order valence-electron chi connectivity index (χ1n) is 9.41. The molecule has 0 aliphatic carbocycles. The van der Waals surface area contributed by atoms with Crippen molar-refractivity contribution in [3.63, 3.8) is 0 Å². The number of hydrogen-bond donors (Lipinski definition) is 1. The number of para-hydroxylation sites is 1. The average molecular weight is 461 g/mol. The average Bonchev–Trinajstić information content (AvgIpc) is 2.96. The zero-order chi connectivity index (χ0) is 21.8. The lowest BCUT2D eigenvalue weighted by atomic mass is 10.1. The molecule has 0 unspecified atom stereocenters. The molecule has 1 saturated heterocycles. The molecule has 2 amide bonds. The third kappa shape index (κ3) is 5.03. The predicted octanol–water partition coefficient (Wildman–Crippen LogP) is 5.37. The summed E-state index contributed by atoms with van der Waals surface area (Å²) >= 11 is 12.6. The number of thioether (sulfide) groups is 1. The first kappa shape index (κ1) is 22.3. The molecule has 3 rings (SSSR count). The summed E-state index contributed by atoms with van der Waals surface area (Å²) in [6, 6.07) is 12.6. The van der Waals surface area contributed by atoms with E-state index in [2.05, 4.69) is 5.43 Å². The number of thiocarbonyl (C=S) groups is 1. The molecule has 5 nitrogen and oxygen atoms in total. The van der Waals surface area contributed by atoms with Crippen LogP contribution in [0, 0.1) is 6.92 Å². The molecule has 30 heavy (non-hydrogen) atoms. The fraction of sp³-hybridized carbons (Fsp3) is 0.227. The maximum Gasteiger partial charge on any atom is 0.285 e. The lowest BCUT2D eigenvalue weighted by Crippen LogP contribution is -2.44. The summed E-state index contributed by atoms with van der Waals surface area (Å²) < 4.78 is 6.18. The van der Waals surface area contributed by atoms with Crippen LogP contribution in [0.2, 0.25) is 5.02 Å². The highest BCUT2D eigenvalue weighted by atomic mass is 35.5. The summed E-state index contributed by atoms with van der Waals surface area (Å²) in [6.07, 6.45) is 2.64. The molecule has 1 atom stereocenters. The van der Waals surface area contributed by atoms with E-state index < -0.39 is 11.8 Å². The van der Waals surface area contributed by atoms with E-state index in [-0.39, 0.29) is 16.0 Å². The molecule has 1 aliphatic heterocycles. The van der Waals surface area contributed by atoms with Crippen LogP contribution in [0.3, 0.4) is 0 Å². The lowest BCUT2D eigenvalue weighted by Gasteiger charge is -2.16. The van der Waals surface area contributed by atoms with Crippen molar-refractivity contribution >= 4 is 57.8 Å². The molecule has 0 bridgehead atoms. The molecular weight excluding hydrogens is 440 g/mol. The van der Waals surface area contributed by atoms with Crippen LogP contribution in [0.15, 0.2) is 47.4 Å². The summed E-state index contributed by atoms with van der Waals surface area (Å²) in [6.45, 7) is 5.91. The number of benzene rings is 2. The molecule has 156 valence electrons. The van der Waals surface area contributed by atoms with Crippen molar-refractivity contribution in [2.75, 3.05) is 0 Å². The number of ether oxygens (including phenoxy) is 1. The van der Waals surface area contributed by atoms with Crippen LogP contribution in [0.25, 0.3) is 6.08 Å². The van der Waals surface area contributed by atoms with Crippen LogP contribution in [0.1, 0.15) is 41.8 Å².